The molecule has 3 heterocycles. The van der Waals surface area contributed by atoms with Gasteiger partial charge in [0.2, 0.25) is 20.9 Å². The summed E-state index contributed by atoms with van der Waals surface area (Å²) in [4.78, 5) is 44.5. The first-order valence-corrected chi connectivity index (χ1v) is 20.2. The van der Waals surface area contributed by atoms with Crippen LogP contribution in [-0.4, -0.2) is 65.4 Å². The first-order chi connectivity index (χ1) is 27.4. The van der Waals surface area contributed by atoms with Gasteiger partial charge in [0.25, 0.3) is 17.4 Å². The van der Waals surface area contributed by atoms with Crippen LogP contribution in [0.2, 0.25) is 5.02 Å². The third-order valence-corrected chi connectivity index (χ3v) is 10.8. The lowest BCUT2D eigenvalue weighted by Gasteiger charge is -2.27. The largest absolute Gasteiger partial charge is 0.493 e. The Balaban J connectivity index is 1.02. The lowest BCUT2D eigenvalue weighted by Crippen LogP contribution is -2.45. The van der Waals surface area contributed by atoms with E-state index in [0.717, 1.165) is 16.5 Å². The van der Waals surface area contributed by atoms with E-state index < -0.39 is 64.0 Å². The van der Waals surface area contributed by atoms with Crippen molar-refractivity contribution in [1.82, 2.24) is 25.1 Å². The number of aromatic nitrogens is 4. The minimum atomic E-state index is -3.57. The van der Waals surface area contributed by atoms with E-state index in [2.05, 4.69) is 26.5 Å². The van der Waals surface area contributed by atoms with Gasteiger partial charge in [-0.05, 0) is 66.1 Å². The molecule has 58 heavy (non-hydrogen) atoms. The molecule has 1 N–H and O–H groups in total. The van der Waals surface area contributed by atoms with E-state index in [-0.39, 0.29) is 58.7 Å². The van der Waals surface area contributed by atoms with Crippen LogP contribution in [0.5, 0.6) is 17.2 Å². The number of rotatable bonds is 15. The van der Waals surface area contributed by atoms with E-state index in [1.807, 2.05) is 26.0 Å². The van der Waals surface area contributed by atoms with Gasteiger partial charge in [-0.2, -0.15) is 10.4 Å². The number of nitrogens with zero attached hydrogens (tertiary/aromatic N) is 5. The number of hydrogen-bond acceptors (Lipinski definition) is 12. The smallest absolute Gasteiger partial charge is 0.275 e. The van der Waals surface area contributed by atoms with E-state index in [1.165, 1.54) is 30.6 Å². The Hall–Kier alpha value is -5.99. The third-order valence-electron chi connectivity index (χ3n) is 9.61. The minimum Gasteiger partial charge on any atom is -0.493 e. The van der Waals surface area contributed by atoms with Gasteiger partial charge in [0, 0.05) is 42.5 Å². The Morgan fingerprint density at radius 2 is 1.67 bits per heavy atom. The van der Waals surface area contributed by atoms with Crippen molar-refractivity contribution in [2.75, 3.05) is 19.5 Å². The number of imide groups is 1. The Morgan fingerprint density at radius 1 is 0.966 bits per heavy atom. The molecule has 1 fully saturated rings. The van der Waals surface area contributed by atoms with Gasteiger partial charge in [-0.1, -0.05) is 37.6 Å². The number of benzene rings is 3. The molecule has 2 aromatic heterocycles. The SMILES string of the molecule is CC(C)(c1ccc(OCc2ccnc(S(C)(=O)=O)n2)cc1)c1cc(Cl)c(OCCC(F)(F)CCOc2ccc3c(=O)n(C4CCC(=O)NC4=O)ncc3c2)c(C#N)c1. The van der Waals surface area contributed by atoms with Gasteiger partial charge in [-0.25, -0.2) is 31.8 Å². The van der Waals surface area contributed by atoms with Crippen molar-refractivity contribution in [2.24, 2.45) is 0 Å². The van der Waals surface area contributed by atoms with Crippen molar-refractivity contribution in [3.05, 3.63) is 111 Å². The van der Waals surface area contributed by atoms with Crippen molar-refractivity contribution in [3.63, 3.8) is 0 Å². The molecule has 5 aromatic rings. The molecule has 1 atom stereocenters. The second kappa shape index (κ2) is 16.9. The van der Waals surface area contributed by atoms with Crippen LogP contribution in [0.4, 0.5) is 8.78 Å². The summed E-state index contributed by atoms with van der Waals surface area (Å²) in [6, 6.07) is 17.5. The van der Waals surface area contributed by atoms with E-state index in [4.69, 9.17) is 25.8 Å². The number of carbonyl (C=O) groups excluding carboxylic acids is 2. The molecule has 0 spiro atoms. The summed E-state index contributed by atoms with van der Waals surface area (Å²) in [5.74, 6) is -3.48. The fraction of sp³-hybridized carbons (Fsp3) is 0.325. The number of piperidine rings is 1. The Labute approximate surface area is 336 Å². The first-order valence-electron chi connectivity index (χ1n) is 17.9. The van der Waals surface area contributed by atoms with E-state index in [9.17, 15) is 36.8 Å². The van der Waals surface area contributed by atoms with Crippen molar-refractivity contribution < 1.29 is 41.0 Å². The molecular formula is C40H37ClF2N6O8S. The third kappa shape index (κ3) is 9.57. The molecule has 0 aliphatic carbocycles. The molecule has 1 unspecified atom stereocenters. The molecule has 302 valence electrons. The number of ether oxygens (including phenoxy) is 3. The topological polar surface area (TPSA) is 192 Å². The highest BCUT2D eigenvalue weighted by Gasteiger charge is 2.32. The maximum Gasteiger partial charge on any atom is 0.275 e. The molecule has 0 saturated carbocycles. The quantitative estimate of drug-likeness (QED) is 0.0976. The summed E-state index contributed by atoms with van der Waals surface area (Å²) >= 11 is 6.58. The summed E-state index contributed by atoms with van der Waals surface area (Å²) in [7, 11) is -3.57. The summed E-state index contributed by atoms with van der Waals surface area (Å²) in [5, 5.41) is 16.7. The molecule has 18 heteroatoms. The van der Waals surface area contributed by atoms with Crippen molar-refractivity contribution >= 4 is 44.0 Å². The number of hydrogen-bond donors (Lipinski definition) is 1. The van der Waals surface area contributed by atoms with Crippen molar-refractivity contribution in [1.29, 1.82) is 5.26 Å². The maximum absolute atomic E-state index is 14.9. The van der Waals surface area contributed by atoms with Gasteiger partial charge in [-0.15, -0.1) is 0 Å². The lowest BCUT2D eigenvalue weighted by molar-refractivity contribution is -0.136. The first kappa shape index (κ1) is 41.6. The van der Waals surface area contributed by atoms with Crippen molar-refractivity contribution in [2.45, 2.75) is 68.7 Å². The van der Waals surface area contributed by atoms with Crippen LogP contribution in [0, 0.1) is 11.3 Å². The zero-order chi connectivity index (χ0) is 41.8. The predicted molar refractivity (Wildman–Crippen MR) is 207 cm³/mol. The molecule has 3 aromatic carbocycles. The van der Waals surface area contributed by atoms with Crippen LogP contribution in [-0.2, 0) is 31.4 Å². The van der Waals surface area contributed by atoms with Crippen molar-refractivity contribution in [3.8, 4) is 23.3 Å². The van der Waals surface area contributed by atoms with E-state index in [0.29, 0.717) is 22.4 Å². The number of fused-ring (bicyclic) bond motifs is 1. The normalized spacial score (nSPS) is 14.8. The summed E-state index contributed by atoms with van der Waals surface area (Å²) < 4.78 is 71.4. The fourth-order valence-electron chi connectivity index (χ4n) is 6.23. The molecule has 1 aliphatic rings. The predicted octanol–water partition coefficient (Wildman–Crippen LogP) is 5.87. The van der Waals surface area contributed by atoms with Crippen LogP contribution in [0.3, 0.4) is 0 Å². The van der Waals surface area contributed by atoms with Crippen LogP contribution in [0.1, 0.15) is 68.0 Å². The fourth-order valence-corrected chi connectivity index (χ4v) is 7.04. The molecular weight excluding hydrogens is 798 g/mol. The Kier molecular flexibility index (Phi) is 12.1. The monoisotopic (exact) mass is 834 g/mol. The Bertz CT molecular complexity index is 2600. The van der Waals surface area contributed by atoms with E-state index in [1.54, 1.807) is 30.3 Å². The molecule has 6 rings (SSSR count). The minimum absolute atomic E-state index is 0.00953. The number of nitrogens with one attached hydrogen (secondary N) is 1. The number of sulfone groups is 1. The van der Waals surface area contributed by atoms with Crippen LogP contribution in [0.25, 0.3) is 10.8 Å². The van der Waals surface area contributed by atoms with Gasteiger partial charge in [-0.3, -0.25) is 19.7 Å². The molecule has 1 saturated heterocycles. The van der Waals surface area contributed by atoms with Crippen LogP contribution >= 0.6 is 11.6 Å². The number of alkyl halides is 2. The van der Waals surface area contributed by atoms with E-state index >= 15 is 0 Å². The number of carbonyl (C=O) groups is 2. The number of nitriles is 1. The van der Waals surface area contributed by atoms with Crippen LogP contribution in [0.15, 0.2) is 83.0 Å². The van der Waals surface area contributed by atoms with Gasteiger partial charge >= 0.3 is 0 Å². The van der Waals surface area contributed by atoms with Gasteiger partial charge < -0.3 is 14.2 Å². The Morgan fingerprint density at radius 3 is 2.36 bits per heavy atom. The average Bonchev–Trinajstić information content (AvgIpc) is 3.18. The summed E-state index contributed by atoms with van der Waals surface area (Å²) in [5.41, 5.74) is 0.803. The molecule has 2 amide bonds. The maximum atomic E-state index is 14.9. The number of amides is 2. The molecule has 14 nitrogen and oxygen atoms in total. The summed E-state index contributed by atoms with van der Waals surface area (Å²) in [6.07, 6.45) is 2.63. The highest BCUT2D eigenvalue weighted by Crippen LogP contribution is 2.39. The zero-order valence-corrected chi connectivity index (χ0v) is 33.1. The standard InChI is InChI=1S/C40H37ClF2N6O8S/c1-39(2,26-4-6-29(7-5-26)57-23-28-12-15-45-38(47-28)58(3,53)54)27-18-24(21-44)35(32(41)20-27)56-17-14-40(42,43)13-16-55-30-8-9-31-25(19-30)22-46-49(37(31)52)33-10-11-34(50)48-36(33)51/h4-9,12,15,18-20,22,33H,10-11,13-14,16-17,23H2,1-3H3,(H,48,50,51). The number of halogens is 3. The highest BCUT2D eigenvalue weighted by atomic mass is 35.5. The average molecular weight is 835 g/mol. The van der Waals surface area contributed by atoms with Gasteiger partial charge in [0.1, 0.15) is 30.2 Å². The lowest BCUT2D eigenvalue weighted by atomic mass is 9.77. The molecule has 0 radical (unpaired) electrons. The second-order valence-corrected chi connectivity index (χ2v) is 16.5. The molecule has 1 aliphatic heterocycles. The summed E-state index contributed by atoms with van der Waals surface area (Å²) in [6.45, 7) is 3.09. The zero-order valence-electron chi connectivity index (χ0n) is 31.5. The van der Waals surface area contributed by atoms with Gasteiger partial charge in [0.05, 0.1) is 41.1 Å². The highest BCUT2D eigenvalue weighted by molar-refractivity contribution is 7.90. The van der Waals surface area contributed by atoms with Crippen LogP contribution < -0.4 is 25.1 Å². The van der Waals surface area contributed by atoms with Gasteiger partial charge in [0.15, 0.2) is 5.75 Å². The molecule has 0 bridgehead atoms. The second-order valence-electron chi connectivity index (χ2n) is 14.2.